The van der Waals surface area contributed by atoms with Gasteiger partial charge in [0.05, 0.1) is 23.8 Å². The summed E-state index contributed by atoms with van der Waals surface area (Å²) in [5, 5.41) is 8.36. The highest BCUT2D eigenvalue weighted by Gasteiger charge is 2.28. The van der Waals surface area contributed by atoms with Gasteiger partial charge in [-0.2, -0.15) is 0 Å². The Morgan fingerprint density at radius 3 is 2.80 bits per heavy atom. The van der Waals surface area contributed by atoms with Crippen LogP contribution in [-0.4, -0.2) is 73.4 Å². The summed E-state index contributed by atoms with van der Waals surface area (Å²) in [6.45, 7) is 5.50. The van der Waals surface area contributed by atoms with E-state index in [0.29, 0.717) is 12.2 Å². The van der Waals surface area contributed by atoms with Gasteiger partial charge in [-0.05, 0) is 50.9 Å². The molecule has 3 aromatic rings. The van der Waals surface area contributed by atoms with Gasteiger partial charge < -0.3 is 14.8 Å². The average molecular weight is 408 g/mol. The van der Waals surface area contributed by atoms with Gasteiger partial charge in [0.2, 0.25) is 0 Å². The monoisotopic (exact) mass is 407 g/mol. The van der Waals surface area contributed by atoms with Crippen LogP contribution in [-0.2, 0) is 6.54 Å². The van der Waals surface area contributed by atoms with E-state index in [9.17, 15) is 4.79 Å². The number of hydrogen-bond donors (Lipinski definition) is 1. The van der Waals surface area contributed by atoms with Gasteiger partial charge in [-0.25, -0.2) is 4.98 Å². The smallest absolute Gasteiger partial charge is 0.276 e. The minimum absolute atomic E-state index is 0.0277. The third-order valence-electron chi connectivity index (χ3n) is 6.35. The molecule has 1 N–H and O–H groups in total. The zero-order chi connectivity index (χ0) is 20.3. The fourth-order valence-corrected chi connectivity index (χ4v) is 4.65. The molecule has 0 saturated carbocycles. The van der Waals surface area contributed by atoms with Crippen molar-refractivity contribution in [2.75, 3.05) is 32.7 Å². The van der Waals surface area contributed by atoms with Crippen LogP contribution in [0, 0.1) is 0 Å². The maximum absolute atomic E-state index is 13.0. The number of rotatable bonds is 5. The number of likely N-dealkylation sites (tertiary alicyclic amines) is 2. The molecule has 2 aromatic heterocycles. The number of fused-ring (bicyclic) bond motifs is 1. The summed E-state index contributed by atoms with van der Waals surface area (Å²) in [6.07, 6.45) is 7.70. The van der Waals surface area contributed by atoms with E-state index in [2.05, 4.69) is 20.2 Å². The van der Waals surface area contributed by atoms with Crippen LogP contribution in [0.15, 0.2) is 30.5 Å². The summed E-state index contributed by atoms with van der Waals surface area (Å²) in [7, 11) is 0. The van der Waals surface area contributed by atoms with Crippen LogP contribution in [0.4, 0.5) is 0 Å². The summed E-state index contributed by atoms with van der Waals surface area (Å²) in [6, 6.07) is 8.07. The summed E-state index contributed by atoms with van der Waals surface area (Å²) < 4.78 is 1.81. The Morgan fingerprint density at radius 1 is 1.07 bits per heavy atom. The quantitative estimate of drug-likeness (QED) is 0.703. The lowest BCUT2D eigenvalue weighted by Gasteiger charge is -2.31. The molecular formula is C22H29N7O. The van der Waals surface area contributed by atoms with Gasteiger partial charge in [0, 0.05) is 25.6 Å². The molecule has 1 amide bonds. The zero-order valence-electron chi connectivity index (χ0n) is 17.3. The lowest BCUT2D eigenvalue weighted by atomic mass is 9.97. The van der Waals surface area contributed by atoms with Crippen molar-refractivity contribution in [2.45, 2.75) is 44.6 Å². The molecule has 2 aliphatic heterocycles. The molecule has 8 nitrogen and oxygen atoms in total. The topological polar surface area (TPSA) is 82.9 Å². The van der Waals surface area contributed by atoms with Crippen LogP contribution in [0.25, 0.3) is 11.0 Å². The van der Waals surface area contributed by atoms with Gasteiger partial charge in [-0.3, -0.25) is 9.48 Å². The van der Waals surface area contributed by atoms with Crippen molar-refractivity contribution in [3.63, 3.8) is 0 Å². The van der Waals surface area contributed by atoms with Gasteiger partial charge in [-0.1, -0.05) is 23.8 Å². The molecule has 1 aromatic carbocycles. The number of amides is 1. The summed E-state index contributed by atoms with van der Waals surface area (Å²) in [5.41, 5.74) is 2.47. The highest BCUT2D eigenvalue weighted by molar-refractivity contribution is 5.92. The van der Waals surface area contributed by atoms with Crippen molar-refractivity contribution >= 4 is 16.9 Å². The van der Waals surface area contributed by atoms with Gasteiger partial charge >= 0.3 is 0 Å². The molecule has 30 heavy (non-hydrogen) atoms. The average Bonchev–Trinajstić information content (AvgIpc) is 3.45. The van der Waals surface area contributed by atoms with E-state index in [1.165, 1.54) is 19.3 Å². The van der Waals surface area contributed by atoms with Gasteiger partial charge in [-0.15, -0.1) is 5.10 Å². The maximum atomic E-state index is 13.0. The number of para-hydroxylation sites is 2. The molecule has 2 aliphatic rings. The number of imidazole rings is 1. The van der Waals surface area contributed by atoms with E-state index in [1.807, 2.05) is 33.8 Å². The third-order valence-corrected chi connectivity index (χ3v) is 6.35. The number of aromatic nitrogens is 5. The van der Waals surface area contributed by atoms with Crippen LogP contribution >= 0.6 is 0 Å². The molecule has 0 aliphatic carbocycles. The number of nitrogens with one attached hydrogen (secondary N) is 1. The first kappa shape index (κ1) is 19.2. The second kappa shape index (κ2) is 8.55. The molecule has 5 rings (SSSR count). The molecule has 1 atom stereocenters. The lowest BCUT2D eigenvalue weighted by Crippen LogP contribution is -2.39. The number of H-pyrrole nitrogens is 1. The molecule has 0 radical (unpaired) electrons. The maximum Gasteiger partial charge on any atom is 0.276 e. The Balaban J connectivity index is 1.22. The van der Waals surface area contributed by atoms with Gasteiger partial charge in [0.15, 0.2) is 5.69 Å². The van der Waals surface area contributed by atoms with Crippen LogP contribution in [0.5, 0.6) is 0 Å². The first-order valence-electron chi connectivity index (χ1n) is 11.1. The number of nitrogens with zero attached hydrogens (tertiary/aromatic N) is 6. The molecular weight excluding hydrogens is 378 g/mol. The number of aromatic amines is 1. The molecule has 1 unspecified atom stereocenters. The van der Waals surface area contributed by atoms with Crippen molar-refractivity contribution in [1.29, 1.82) is 0 Å². The molecule has 2 fully saturated rings. The second-order valence-electron chi connectivity index (χ2n) is 8.50. The molecule has 4 heterocycles. The Bertz CT molecular complexity index is 971. The predicted molar refractivity (Wildman–Crippen MR) is 114 cm³/mol. The van der Waals surface area contributed by atoms with Crippen molar-refractivity contribution < 1.29 is 4.79 Å². The van der Waals surface area contributed by atoms with E-state index in [0.717, 1.165) is 62.4 Å². The van der Waals surface area contributed by atoms with Crippen molar-refractivity contribution in [2.24, 2.45) is 0 Å². The zero-order valence-corrected chi connectivity index (χ0v) is 17.3. The minimum atomic E-state index is -0.0277. The largest absolute Gasteiger partial charge is 0.342 e. The first-order chi connectivity index (χ1) is 14.8. The van der Waals surface area contributed by atoms with Crippen LogP contribution in [0.2, 0.25) is 0 Å². The first-order valence-corrected chi connectivity index (χ1v) is 11.1. The van der Waals surface area contributed by atoms with Crippen LogP contribution in [0.3, 0.4) is 0 Å². The predicted octanol–water partition coefficient (Wildman–Crippen LogP) is 2.66. The Morgan fingerprint density at radius 2 is 1.93 bits per heavy atom. The summed E-state index contributed by atoms with van der Waals surface area (Å²) in [4.78, 5) is 25.6. The summed E-state index contributed by atoms with van der Waals surface area (Å²) in [5.74, 6) is 1.17. The summed E-state index contributed by atoms with van der Waals surface area (Å²) >= 11 is 0. The Labute approximate surface area is 176 Å². The highest BCUT2D eigenvalue weighted by atomic mass is 16.2. The molecule has 2 saturated heterocycles. The standard InChI is InChI=1S/C22H29N7O/c30-22(20-16-29(26-25-20)14-13-27-10-4-1-5-11-27)28-12-6-7-17(15-28)21-23-18-8-2-3-9-19(18)24-21/h2-3,8-9,16-17H,1,4-7,10-15H2,(H,23,24). The van der Waals surface area contributed by atoms with E-state index in [4.69, 9.17) is 4.98 Å². The number of carbonyl (C=O) groups excluding carboxylic acids is 1. The van der Waals surface area contributed by atoms with E-state index >= 15 is 0 Å². The van der Waals surface area contributed by atoms with E-state index < -0.39 is 0 Å². The number of carbonyl (C=O) groups is 1. The molecule has 158 valence electrons. The van der Waals surface area contributed by atoms with E-state index in [-0.39, 0.29) is 11.8 Å². The second-order valence-corrected chi connectivity index (χ2v) is 8.50. The normalized spacial score (nSPS) is 20.7. The van der Waals surface area contributed by atoms with Gasteiger partial charge in [0.1, 0.15) is 5.82 Å². The van der Waals surface area contributed by atoms with E-state index in [1.54, 1.807) is 6.20 Å². The fourth-order valence-electron chi connectivity index (χ4n) is 4.65. The lowest BCUT2D eigenvalue weighted by molar-refractivity contribution is 0.0699. The molecule has 8 heteroatoms. The molecule has 0 bridgehead atoms. The van der Waals surface area contributed by atoms with Crippen molar-refractivity contribution in [1.82, 2.24) is 34.8 Å². The third kappa shape index (κ3) is 4.09. The van der Waals surface area contributed by atoms with Crippen LogP contribution in [0.1, 0.15) is 54.3 Å². The minimum Gasteiger partial charge on any atom is -0.342 e. The Kier molecular flexibility index (Phi) is 5.48. The van der Waals surface area contributed by atoms with Crippen molar-refractivity contribution in [3.05, 3.63) is 42.0 Å². The number of benzene rings is 1. The number of piperidine rings is 2. The highest BCUT2D eigenvalue weighted by Crippen LogP contribution is 2.27. The fraction of sp³-hybridized carbons (Fsp3) is 0.545. The van der Waals surface area contributed by atoms with Crippen molar-refractivity contribution in [3.8, 4) is 0 Å². The Hall–Kier alpha value is -2.74. The SMILES string of the molecule is O=C(c1cn(CCN2CCCCC2)nn1)N1CCCC(c2nc3ccccc3[nH]2)C1. The van der Waals surface area contributed by atoms with Gasteiger partial charge in [0.25, 0.3) is 5.91 Å². The molecule has 0 spiro atoms. The van der Waals surface area contributed by atoms with Crippen LogP contribution < -0.4 is 0 Å². The number of hydrogen-bond acceptors (Lipinski definition) is 5.